The Morgan fingerprint density at radius 3 is 3.08 bits per heavy atom. The van der Waals surface area contributed by atoms with E-state index >= 15 is 0 Å². The SMILES string of the molecule is N#Cc1cnc(CNC=O)c(F)c1. The molecule has 0 spiro atoms. The molecule has 0 atom stereocenters. The third-order valence-electron chi connectivity index (χ3n) is 1.40. The molecule has 0 saturated heterocycles. The molecule has 1 rings (SSSR count). The second kappa shape index (κ2) is 4.16. The van der Waals surface area contributed by atoms with Gasteiger partial charge in [-0.15, -0.1) is 0 Å². The predicted octanol–water partition coefficient (Wildman–Crippen LogP) is 0.338. The van der Waals surface area contributed by atoms with E-state index in [1.54, 1.807) is 6.07 Å². The van der Waals surface area contributed by atoms with Crippen LogP contribution in [0.2, 0.25) is 0 Å². The lowest BCUT2D eigenvalue weighted by molar-refractivity contribution is -0.109. The van der Waals surface area contributed by atoms with Gasteiger partial charge in [0.15, 0.2) is 0 Å². The fraction of sp³-hybridized carbons (Fsp3) is 0.125. The Kier molecular flexibility index (Phi) is 2.92. The van der Waals surface area contributed by atoms with E-state index < -0.39 is 5.82 Å². The van der Waals surface area contributed by atoms with E-state index in [2.05, 4.69) is 10.3 Å². The average Bonchev–Trinajstić information content (AvgIpc) is 2.16. The van der Waals surface area contributed by atoms with E-state index in [1.807, 2.05) is 0 Å². The molecule has 0 aliphatic rings. The predicted molar refractivity (Wildman–Crippen MR) is 41.8 cm³/mol. The first-order valence-corrected chi connectivity index (χ1v) is 3.49. The summed E-state index contributed by atoms with van der Waals surface area (Å²) >= 11 is 0. The lowest BCUT2D eigenvalue weighted by Crippen LogP contribution is -2.12. The van der Waals surface area contributed by atoms with Crippen LogP contribution in [0.4, 0.5) is 4.39 Å². The van der Waals surface area contributed by atoms with Gasteiger partial charge >= 0.3 is 0 Å². The van der Waals surface area contributed by atoms with Crippen molar-refractivity contribution in [3.8, 4) is 6.07 Å². The zero-order valence-corrected chi connectivity index (χ0v) is 6.62. The van der Waals surface area contributed by atoms with E-state index in [9.17, 15) is 9.18 Å². The molecular weight excluding hydrogens is 173 g/mol. The Bertz CT molecular complexity index is 359. The van der Waals surface area contributed by atoms with Crippen molar-refractivity contribution in [2.75, 3.05) is 0 Å². The number of hydrogen-bond donors (Lipinski definition) is 1. The molecule has 1 N–H and O–H groups in total. The van der Waals surface area contributed by atoms with Gasteiger partial charge in [0.1, 0.15) is 11.9 Å². The molecule has 0 saturated carbocycles. The summed E-state index contributed by atoms with van der Waals surface area (Å²) in [4.78, 5) is 13.6. The van der Waals surface area contributed by atoms with Crippen molar-refractivity contribution < 1.29 is 9.18 Å². The van der Waals surface area contributed by atoms with Gasteiger partial charge in [-0.25, -0.2) is 4.39 Å². The van der Waals surface area contributed by atoms with Gasteiger partial charge in [0.2, 0.25) is 6.41 Å². The highest BCUT2D eigenvalue weighted by molar-refractivity contribution is 5.46. The van der Waals surface area contributed by atoms with Gasteiger partial charge in [-0.2, -0.15) is 5.26 Å². The normalized spacial score (nSPS) is 8.92. The topological polar surface area (TPSA) is 65.8 Å². The highest BCUT2D eigenvalue weighted by atomic mass is 19.1. The van der Waals surface area contributed by atoms with E-state index in [4.69, 9.17) is 5.26 Å². The summed E-state index contributed by atoms with van der Waals surface area (Å²) in [5, 5.41) is 10.7. The fourth-order valence-corrected chi connectivity index (χ4v) is 0.796. The Hall–Kier alpha value is -1.96. The highest BCUT2D eigenvalue weighted by Crippen LogP contribution is 2.05. The van der Waals surface area contributed by atoms with Gasteiger partial charge < -0.3 is 5.32 Å². The van der Waals surface area contributed by atoms with Gasteiger partial charge in [0.25, 0.3) is 0 Å². The van der Waals surface area contributed by atoms with Crippen LogP contribution in [0.1, 0.15) is 11.3 Å². The molecule has 1 aromatic rings. The van der Waals surface area contributed by atoms with Crippen LogP contribution >= 0.6 is 0 Å². The first-order chi connectivity index (χ1) is 6.27. The molecule has 0 aliphatic carbocycles. The molecular formula is C8H6FN3O. The molecule has 13 heavy (non-hydrogen) atoms. The zero-order chi connectivity index (χ0) is 9.68. The Labute approximate surface area is 74.0 Å². The average molecular weight is 179 g/mol. The molecule has 1 aromatic heterocycles. The summed E-state index contributed by atoms with van der Waals surface area (Å²) in [5.41, 5.74) is 0.276. The van der Waals surface area contributed by atoms with Crippen molar-refractivity contribution in [1.82, 2.24) is 10.3 Å². The summed E-state index contributed by atoms with van der Waals surface area (Å²) in [5.74, 6) is -0.589. The maximum Gasteiger partial charge on any atom is 0.207 e. The van der Waals surface area contributed by atoms with E-state index in [1.165, 1.54) is 6.20 Å². The van der Waals surface area contributed by atoms with Crippen molar-refractivity contribution >= 4 is 6.41 Å². The first-order valence-electron chi connectivity index (χ1n) is 3.49. The van der Waals surface area contributed by atoms with E-state index in [0.29, 0.717) is 6.41 Å². The minimum absolute atomic E-state index is 0.0288. The summed E-state index contributed by atoms with van der Waals surface area (Å²) < 4.78 is 13.0. The number of aromatic nitrogens is 1. The van der Waals surface area contributed by atoms with Crippen LogP contribution in [0.25, 0.3) is 0 Å². The number of nitriles is 1. The second-order valence-electron chi connectivity index (χ2n) is 2.26. The highest BCUT2D eigenvalue weighted by Gasteiger charge is 2.03. The second-order valence-corrected chi connectivity index (χ2v) is 2.26. The molecule has 1 heterocycles. The van der Waals surface area contributed by atoms with Gasteiger partial charge in [-0.3, -0.25) is 9.78 Å². The van der Waals surface area contributed by atoms with Crippen LogP contribution < -0.4 is 5.32 Å². The third kappa shape index (κ3) is 2.24. The number of carbonyl (C=O) groups excluding carboxylic acids is 1. The monoisotopic (exact) mass is 179 g/mol. The van der Waals surface area contributed by atoms with Crippen LogP contribution in [0.15, 0.2) is 12.3 Å². The standard InChI is InChI=1S/C8H6FN3O/c9-7-1-6(2-10)3-12-8(7)4-11-5-13/h1,3,5H,4H2,(H,11,13). The summed E-state index contributed by atoms with van der Waals surface area (Å²) in [6.45, 7) is 0.0288. The quantitative estimate of drug-likeness (QED) is 0.680. The van der Waals surface area contributed by atoms with Crippen molar-refractivity contribution in [2.24, 2.45) is 0 Å². The maximum absolute atomic E-state index is 13.0. The van der Waals surface area contributed by atoms with E-state index in [0.717, 1.165) is 6.07 Å². The molecule has 1 amide bonds. The molecule has 66 valence electrons. The van der Waals surface area contributed by atoms with E-state index in [-0.39, 0.29) is 17.8 Å². The fourth-order valence-electron chi connectivity index (χ4n) is 0.796. The minimum Gasteiger partial charge on any atom is -0.353 e. The molecule has 5 heteroatoms. The smallest absolute Gasteiger partial charge is 0.207 e. The lowest BCUT2D eigenvalue weighted by Gasteiger charge is -2.00. The van der Waals surface area contributed by atoms with Crippen LogP contribution in [0.5, 0.6) is 0 Å². The number of carbonyl (C=O) groups is 1. The molecule has 0 aromatic carbocycles. The molecule has 0 unspecified atom stereocenters. The zero-order valence-electron chi connectivity index (χ0n) is 6.62. The molecule has 0 radical (unpaired) electrons. The first kappa shape index (κ1) is 9.13. The third-order valence-corrected chi connectivity index (χ3v) is 1.40. The number of amides is 1. The molecule has 0 fully saturated rings. The van der Waals surface area contributed by atoms with Gasteiger partial charge in [0, 0.05) is 6.20 Å². The Morgan fingerprint density at radius 2 is 2.54 bits per heavy atom. The summed E-state index contributed by atoms with van der Waals surface area (Å²) in [6.07, 6.45) is 1.71. The van der Waals surface area contributed by atoms with Gasteiger partial charge in [0.05, 0.1) is 17.8 Å². The lowest BCUT2D eigenvalue weighted by atomic mass is 10.2. The number of nitrogens with zero attached hydrogens (tertiary/aromatic N) is 2. The minimum atomic E-state index is -0.589. The van der Waals surface area contributed by atoms with Crippen LogP contribution in [0, 0.1) is 17.1 Å². The Balaban J connectivity index is 2.86. The van der Waals surface area contributed by atoms with Crippen LogP contribution in [-0.4, -0.2) is 11.4 Å². The van der Waals surface area contributed by atoms with Crippen molar-refractivity contribution in [3.63, 3.8) is 0 Å². The number of nitrogens with one attached hydrogen (secondary N) is 1. The van der Waals surface area contributed by atoms with Crippen LogP contribution in [0.3, 0.4) is 0 Å². The Morgan fingerprint density at radius 1 is 1.77 bits per heavy atom. The van der Waals surface area contributed by atoms with Crippen molar-refractivity contribution in [3.05, 3.63) is 29.3 Å². The number of halogens is 1. The summed E-state index contributed by atoms with van der Waals surface area (Å²) in [7, 11) is 0. The van der Waals surface area contributed by atoms with Crippen molar-refractivity contribution in [1.29, 1.82) is 5.26 Å². The van der Waals surface area contributed by atoms with Crippen LogP contribution in [-0.2, 0) is 11.3 Å². The van der Waals surface area contributed by atoms with Crippen molar-refractivity contribution in [2.45, 2.75) is 6.54 Å². The molecule has 0 aliphatic heterocycles. The number of hydrogen-bond acceptors (Lipinski definition) is 3. The summed E-state index contributed by atoms with van der Waals surface area (Å²) in [6, 6.07) is 2.84. The molecule has 4 nitrogen and oxygen atoms in total. The number of pyridine rings is 1. The largest absolute Gasteiger partial charge is 0.353 e. The van der Waals surface area contributed by atoms with Gasteiger partial charge in [-0.05, 0) is 6.07 Å². The van der Waals surface area contributed by atoms with Gasteiger partial charge in [-0.1, -0.05) is 0 Å². The number of rotatable bonds is 3. The molecule has 0 bridgehead atoms. The maximum atomic E-state index is 13.0.